The summed E-state index contributed by atoms with van der Waals surface area (Å²) in [6.45, 7) is 2.97. The number of nitrogens with two attached hydrogens (primary N) is 1. The highest BCUT2D eigenvalue weighted by molar-refractivity contribution is 7.89. The second-order valence-corrected chi connectivity index (χ2v) is 7.12. The minimum atomic E-state index is -3.49. The number of hydrogen-bond donors (Lipinski definition) is 2. The lowest BCUT2D eigenvalue weighted by Crippen LogP contribution is -2.29. The van der Waals surface area contributed by atoms with E-state index in [0.717, 1.165) is 11.1 Å². The molecule has 1 aromatic carbocycles. The smallest absolute Gasteiger partial charge is 0.243 e. The molecule has 0 aliphatic carbocycles. The van der Waals surface area contributed by atoms with E-state index in [2.05, 4.69) is 11.8 Å². The van der Waals surface area contributed by atoms with E-state index in [1.54, 1.807) is 18.2 Å². The molecule has 1 unspecified atom stereocenters. The molecule has 0 bridgehead atoms. The average Bonchev–Trinajstić information content (AvgIpc) is 2.95. The SMILES string of the molecule is Cc1cc(S(=O)(=O)N2CCC(CO)C2)ccc1C#CCN. The van der Waals surface area contributed by atoms with Gasteiger partial charge in [0.05, 0.1) is 11.4 Å². The molecule has 3 N–H and O–H groups in total. The largest absolute Gasteiger partial charge is 0.396 e. The number of benzene rings is 1. The molecular formula is C15H20N2O3S. The maximum atomic E-state index is 12.6. The first-order valence-corrected chi connectivity index (χ1v) is 8.33. The van der Waals surface area contributed by atoms with E-state index < -0.39 is 10.0 Å². The van der Waals surface area contributed by atoms with Crippen molar-refractivity contribution in [3.8, 4) is 11.8 Å². The molecule has 1 heterocycles. The van der Waals surface area contributed by atoms with Crippen LogP contribution in [0.15, 0.2) is 23.1 Å². The molecule has 5 nitrogen and oxygen atoms in total. The number of hydrogen-bond acceptors (Lipinski definition) is 4. The molecule has 0 aromatic heterocycles. The summed E-state index contributed by atoms with van der Waals surface area (Å²) in [7, 11) is -3.49. The van der Waals surface area contributed by atoms with Crippen molar-refractivity contribution >= 4 is 10.0 Å². The lowest BCUT2D eigenvalue weighted by molar-refractivity contribution is 0.233. The molecule has 1 saturated heterocycles. The van der Waals surface area contributed by atoms with Gasteiger partial charge in [-0.3, -0.25) is 0 Å². The number of nitrogens with zero attached hydrogens (tertiary/aromatic N) is 1. The Bertz CT molecular complexity index is 674. The van der Waals surface area contributed by atoms with Crippen LogP contribution < -0.4 is 5.73 Å². The number of sulfonamides is 1. The molecule has 0 spiro atoms. The quantitative estimate of drug-likeness (QED) is 0.787. The van der Waals surface area contributed by atoms with Crippen LogP contribution >= 0.6 is 0 Å². The lowest BCUT2D eigenvalue weighted by Gasteiger charge is -2.17. The molecule has 21 heavy (non-hydrogen) atoms. The van der Waals surface area contributed by atoms with Gasteiger partial charge in [0.25, 0.3) is 0 Å². The second kappa shape index (κ2) is 6.58. The van der Waals surface area contributed by atoms with Crippen LogP contribution in [-0.4, -0.2) is 44.1 Å². The van der Waals surface area contributed by atoms with Crippen molar-refractivity contribution in [3.05, 3.63) is 29.3 Å². The molecule has 1 aromatic rings. The number of rotatable bonds is 3. The summed E-state index contributed by atoms with van der Waals surface area (Å²) < 4.78 is 26.6. The first-order valence-electron chi connectivity index (χ1n) is 6.89. The van der Waals surface area contributed by atoms with E-state index >= 15 is 0 Å². The molecule has 114 valence electrons. The monoisotopic (exact) mass is 308 g/mol. The van der Waals surface area contributed by atoms with E-state index in [-0.39, 0.29) is 24.0 Å². The van der Waals surface area contributed by atoms with E-state index in [9.17, 15) is 8.42 Å². The van der Waals surface area contributed by atoms with Gasteiger partial charge < -0.3 is 10.8 Å². The summed E-state index contributed by atoms with van der Waals surface area (Å²) in [6, 6.07) is 4.93. The highest BCUT2D eigenvalue weighted by Gasteiger charge is 2.32. The Kier molecular flexibility index (Phi) is 5.01. The van der Waals surface area contributed by atoms with E-state index in [0.29, 0.717) is 19.5 Å². The molecule has 1 fully saturated rings. The van der Waals surface area contributed by atoms with Crippen LogP contribution in [0.25, 0.3) is 0 Å². The maximum absolute atomic E-state index is 12.6. The van der Waals surface area contributed by atoms with Crippen LogP contribution in [0.3, 0.4) is 0 Å². The fraction of sp³-hybridized carbons (Fsp3) is 0.467. The Morgan fingerprint density at radius 3 is 2.81 bits per heavy atom. The highest BCUT2D eigenvalue weighted by Crippen LogP contribution is 2.25. The Morgan fingerprint density at radius 2 is 2.24 bits per heavy atom. The first-order chi connectivity index (χ1) is 9.98. The van der Waals surface area contributed by atoms with Crippen LogP contribution in [0, 0.1) is 24.7 Å². The first kappa shape index (κ1) is 16.0. The van der Waals surface area contributed by atoms with Gasteiger partial charge in [-0.2, -0.15) is 4.31 Å². The highest BCUT2D eigenvalue weighted by atomic mass is 32.2. The van der Waals surface area contributed by atoms with Crippen LogP contribution in [0.2, 0.25) is 0 Å². The molecular weight excluding hydrogens is 288 g/mol. The van der Waals surface area contributed by atoms with Gasteiger partial charge in [-0.25, -0.2) is 8.42 Å². The summed E-state index contributed by atoms with van der Waals surface area (Å²) >= 11 is 0. The molecule has 1 aliphatic heterocycles. The minimum absolute atomic E-state index is 0.0265. The zero-order chi connectivity index (χ0) is 15.5. The zero-order valence-electron chi connectivity index (χ0n) is 12.0. The second-order valence-electron chi connectivity index (χ2n) is 5.18. The Morgan fingerprint density at radius 1 is 1.48 bits per heavy atom. The van der Waals surface area contributed by atoms with Gasteiger partial charge in [-0.05, 0) is 43.0 Å². The van der Waals surface area contributed by atoms with Gasteiger partial charge in [0.2, 0.25) is 10.0 Å². The zero-order valence-corrected chi connectivity index (χ0v) is 12.9. The van der Waals surface area contributed by atoms with Crippen molar-refractivity contribution in [2.24, 2.45) is 11.7 Å². The average molecular weight is 308 g/mol. The third-order valence-electron chi connectivity index (χ3n) is 3.67. The predicted molar refractivity (Wildman–Crippen MR) is 81.1 cm³/mol. The fourth-order valence-electron chi connectivity index (χ4n) is 2.40. The van der Waals surface area contributed by atoms with Crippen molar-refractivity contribution < 1.29 is 13.5 Å². The van der Waals surface area contributed by atoms with Crippen LogP contribution in [0.5, 0.6) is 0 Å². The fourth-order valence-corrected chi connectivity index (χ4v) is 4.01. The molecule has 6 heteroatoms. The minimum Gasteiger partial charge on any atom is -0.396 e. The summed E-state index contributed by atoms with van der Waals surface area (Å²) in [5.74, 6) is 5.72. The van der Waals surface area contributed by atoms with Crippen molar-refractivity contribution in [2.45, 2.75) is 18.2 Å². The van der Waals surface area contributed by atoms with Crippen molar-refractivity contribution in [3.63, 3.8) is 0 Å². The van der Waals surface area contributed by atoms with Crippen LogP contribution in [0.4, 0.5) is 0 Å². The van der Waals surface area contributed by atoms with Crippen molar-refractivity contribution in [1.29, 1.82) is 0 Å². The predicted octanol–water partition coefficient (Wildman–Crippen LogP) is 0.308. The van der Waals surface area contributed by atoms with Gasteiger partial charge in [0.15, 0.2) is 0 Å². The molecule has 1 atom stereocenters. The standard InChI is InChI=1S/C15H20N2O3S/c1-12-9-15(5-4-14(12)3-2-7-16)21(19,20)17-8-6-13(10-17)11-18/h4-5,9,13,18H,6-8,10-11,16H2,1H3. The van der Waals surface area contributed by atoms with E-state index in [1.807, 2.05) is 6.92 Å². The topological polar surface area (TPSA) is 83.6 Å². The Labute approximate surface area is 125 Å². The summed E-state index contributed by atoms with van der Waals surface area (Å²) in [4.78, 5) is 0.275. The van der Waals surface area contributed by atoms with Gasteiger partial charge in [0, 0.05) is 25.3 Å². The van der Waals surface area contributed by atoms with Gasteiger partial charge in [0.1, 0.15) is 0 Å². The third kappa shape index (κ3) is 3.44. The summed E-state index contributed by atoms with van der Waals surface area (Å²) in [6.07, 6.45) is 0.703. The Hall–Kier alpha value is -1.39. The van der Waals surface area contributed by atoms with Crippen molar-refractivity contribution in [1.82, 2.24) is 4.31 Å². The number of aliphatic hydroxyl groups is 1. The van der Waals surface area contributed by atoms with Crippen LogP contribution in [-0.2, 0) is 10.0 Å². The molecule has 0 radical (unpaired) electrons. The van der Waals surface area contributed by atoms with Crippen LogP contribution in [0.1, 0.15) is 17.5 Å². The Balaban J connectivity index is 2.27. The van der Waals surface area contributed by atoms with Gasteiger partial charge in [-0.15, -0.1) is 0 Å². The number of aryl methyl sites for hydroxylation is 1. The summed E-state index contributed by atoms with van der Waals surface area (Å²) in [5, 5.41) is 9.14. The lowest BCUT2D eigenvalue weighted by atomic mass is 10.1. The molecule has 0 saturated carbocycles. The molecule has 2 rings (SSSR count). The molecule has 1 aliphatic rings. The molecule has 0 amide bonds. The summed E-state index contributed by atoms with van der Waals surface area (Å²) in [5.41, 5.74) is 6.94. The van der Waals surface area contributed by atoms with E-state index in [4.69, 9.17) is 10.8 Å². The maximum Gasteiger partial charge on any atom is 0.243 e. The van der Waals surface area contributed by atoms with Gasteiger partial charge in [-0.1, -0.05) is 11.8 Å². The third-order valence-corrected chi connectivity index (χ3v) is 5.53. The van der Waals surface area contributed by atoms with Crippen molar-refractivity contribution in [2.75, 3.05) is 26.2 Å². The number of aliphatic hydroxyl groups excluding tert-OH is 1. The van der Waals surface area contributed by atoms with E-state index in [1.165, 1.54) is 4.31 Å². The van der Waals surface area contributed by atoms with Gasteiger partial charge >= 0.3 is 0 Å². The normalized spacial score (nSPS) is 19.3.